The Kier molecular flexibility index (Phi) is 10.3. The van der Waals surface area contributed by atoms with E-state index in [1.807, 2.05) is 0 Å². The van der Waals surface area contributed by atoms with Crippen molar-refractivity contribution in [3.8, 4) is 0 Å². The van der Waals surface area contributed by atoms with Crippen LogP contribution < -0.4 is 27.0 Å². The average molecular weight is 625 g/mol. The molecule has 1 aliphatic heterocycles. The number of non-ortho nitro benzene ring substituents is 1. The van der Waals surface area contributed by atoms with E-state index in [4.69, 9.17) is 26.9 Å². The zero-order valence-electron chi connectivity index (χ0n) is 22.0. The first kappa shape index (κ1) is 31.7. The van der Waals surface area contributed by atoms with Crippen LogP contribution in [0.4, 0.5) is 15.6 Å². The number of alkyl halides is 1. The second kappa shape index (κ2) is 13.7. The smallest absolute Gasteiger partial charge is 0.353 e. The molecule has 1 aromatic carbocycles. The van der Waals surface area contributed by atoms with Crippen molar-refractivity contribution in [3.05, 3.63) is 51.0 Å². The Morgan fingerprint density at radius 2 is 1.95 bits per heavy atom. The van der Waals surface area contributed by atoms with Crippen molar-refractivity contribution in [2.45, 2.75) is 38.1 Å². The molecule has 0 unspecified atom stereocenters. The van der Waals surface area contributed by atoms with Crippen LogP contribution in [0.2, 0.25) is 0 Å². The number of carbonyl (C=O) groups excluding carboxylic acids is 5. The molecule has 0 spiro atoms. The minimum absolute atomic E-state index is 0.0616. The zero-order chi connectivity index (χ0) is 31.0. The molecular weight excluding hydrogens is 600 g/mol. The summed E-state index contributed by atoms with van der Waals surface area (Å²) >= 11 is 6.45. The Hall–Kier alpha value is -4.84. The molecule has 3 rings (SSSR count). The molecule has 1 aliphatic rings. The molecule has 6 N–H and O–H groups in total. The molecule has 1 fully saturated rings. The maximum atomic E-state index is 13.2. The van der Waals surface area contributed by atoms with Gasteiger partial charge < -0.3 is 36.6 Å². The minimum Gasteiger partial charge on any atom is -0.458 e. The SMILES string of the molecule is CC(C)(ON=C(C(=O)N[C@H]1C(=O)N[C@H]1CNC(N)=O)c1csc(NC(=O)CCl)n1)C(=O)OCc1ccc([N+](=O)[O-])cc1. The summed E-state index contributed by atoms with van der Waals surface area (Å²) < 4.78 is 5.24. The lowest BCUT2D eigenvalue weighted by Crippen LogP contribution is -2.72. The third kappa shape index (κ3) is 8.33. The fourth-order valence-corrected chi connectivity index (χ4v) is 4.01. The summed E-state index contributed by atoms with van der Waals surface area (Å²) in [5.74, 6) is -3.23. The van der Waals surface area contributed by atoms with Gasteiger partial charge in [0.25, 0.3) is 11.6 Å². The summed E-state index contributed by atoms with van der Waals surface area (Å²) in [6.45, 7) is 2.35. The highest BCUT2D eigenvalue weighted by atomic mass is 35.5. The standard InChI is InChI=1S/C23H25ClN8O9S/c1-23(2,20(36)40-9-11-3-5-12(6-4-11)32(38)39)41-31-17(14-10-42-22(28-14)29-15(33)7-24)19(35)30-16-13(27-18(16)34)8-26-21(25)37/h3-6,10,13,16H,7-9H2,1-2H3,(H,27,34)(H,30,35)(H3,25,26,37)(H,28,29,33)/t13-,16+/m0/s1. The van der Waals surface area contributed by atoms with Crippen LogP contribution >= 0.6 is 22.9 Å². The molecule has 224 valence electrons. The first-order valence-corrected chi connectivity index (χ1v) is 13.3. The summed E-state index contributed by atoms with van der Waals surface area (Å²) in [7, 11) is 0. The Balaban J connectivity index is 1.76. The van der Waals surface area contributed by atoms with Gasteiger partial charge in [0.05, 0.1) is 11.0 Å². The summed E-state index contributed by atoms with van der Waals surface area (Å²) in [5.41, 5.74) is 3.15. The number of rotatable bonds is 13. The van der Waals surface area contributed by atoms with Crippen LogP contribution in [0.15, 0.2) is 34.8 Å². The highest BCUT2D eigenvalue weighted by Gasteiger charge is 2.41. The molecule has 2 aromatic rings. The van der Waals surface area contributed by atoms with Gasteiger partial charge in [-0.15, -0.1) is 22.9 Å². The number of carbonyl (C=O) groups is 5. The maximum Gasteiger partial charge on any atom is 0.353 e. The molecule has 1 aromatic heterocycles. The fourth-order valence-electron chi connectivity index (χ4n) is 3.23. The average Bonchev–Trinajstić information content (AvgIpc) is 3.40. The Labute approximate surface area is 246 Å². The Morgan fingerprint density at radius 1 is 1.26 bits per heavy atom. The van der Waals surface area contributed by atoms with Gasteiger partial charge in [0.2, 0.25) is 17.4 Å². The van der Waals surface area contributed by atoms with Crippen LogP contribution in [0.25, 0.3) is 0 Å². The molecule has 5 amide bonds. The van der Waals surface area contributed by atoms with Crippen molar-refractivity contribution < 1.29 is 38.5 Å². The normalized spacial score (nSPS) is 16.4. The second-order valence-electron chi connectivity index (χ2n) is 9.07. The van der Waals surface area contributed by atoms with Gasteiger partial charge in [0.1, 0.15) is 24.2 Å². The molecule has 17 nitrogen and oxygen atoms in total. The topological polar surface area (TPSA) is 246 Å². The molecule has 42 heavy (non-hydrogen) atoms. The van der Waals surface area contributed by atoms with Crippen LogP contribution in [0.3, 0.4) is 0 Å². The minimum atomic E-state index is -1.74. The highest BCUT2D eigenvalue weighted by molar-refractivity contribution is 7.14. The molecule has 0 bridgehead atoms. The van der Waals surface area contributed by atoms with Crippen LogP contribution in [0.1, 0.15) is 25.1 Å². The third-order valence-electron chi connectivity index (χ3n) is 5.50. The Bertz CT molecular complexity index is 1410. The zero-order valence-corrected chi connectivity index (χ0v) is 23.6. The van der Waals surface area contributed by atoms with Crippen molar-refractivity contribution in [1.82, 2.24) is 20.9 Å². The molecule has 0 radical (unpaired) electrons. The number of amides is 5. The molecule has 19 heteroatoms. The van der Waals surface area contributed by atoms with Gasteiger partial charge in [-0.2, -0.15) is 0 Å². The van der Waals surface area contributed by atoms with Gasteiger partial charge in [0.15, 0.2) is 10.8 Å². The lowest BCUT2D eigenvalue weighted by molar-refractivity contribution is -0.384. The Morgan fingerprint density at radius 3 is 2.55 bits per heavy atom. The number of esters is 1. The van der Waals surface area contributed by atoms with Gasteiger partial charge in [-0.25, -0.2) is 14.6 Å². The van der Waals surface area contributed by atoms with Crippen molar-refractivity contribution in [1.29, 1.82) is 0 Å². The molecule has 0 aliphatic carbocycles. The highest BCUT2D eigenvalue weighted by Crippen LogP contribution is 2.20. The number of ether oxygens (including phenoxy) is 1. The number of aromatic nitrogens is 1. The maximum absolute atomic E-state index is 13.2. The number of nitro groups is 1. The number of hydrogen-bond acceptors (Lipinski definition) is 12. The quantitative estimate of drug-likeness (QED) is 0.0503. The number of nitrogens with zero attached hydrogens (tertiary/aromatic N) is 3. The first-order valence-electron chi connectivity index (χ1n) is 11.9. The number of nitrogens with one attached hydrogen (secondary N) is 4. The number of hydrogen-bond donors (Lipinski definition) is 5. The summed E-state index contributed by atoms with van der Waals surface area (Å²) in [5, 5.41) is 25.8. The first-order chi connectivity index (χ1) is 19.8. The lowest BCUT2D eigenvalue weighted by atomic mass is 9.98. The number of thiazole rings is 1. The van der Waals surface area contributed by atoms with E-state index in [0.717, 1.165) is 11.3 Å². The number of nitrogens with two attached hydrogens (primary N) is 1. The van der Waals surface area contributed by atoms with E-state index in [2.05, 4.69) is 31.4 Å². The van der Waals surface area contributed by atoms with E-state index in [1.54, 1.807) is 0 Å². The molecule has 2 heterocycles. The van der Waals surface area contributed by atoms with Crippen LogP contribution in [-0.2, 0) is 35.4 Å². The molecular formula is C23H25ClN8O9S. The largest absolute Gasteiger partial charge is 0.458 e. The van der Waals surface area contributed by atoms with Gasteiger partial charge in [0, 0.05) is 24.1 Å². The van der Waals surface area contributed by atoms with E-state index in [1.165, 1.54) is 43.5 Å². The van der Waals surface area contributed by atoms with Gasteiger partial charge in [-0.1, -0.05) is 5.16 Å². The number of oxime groups is 1. The summed E-state index contributed by atoms with van der Waals surface area (Å²) in [4.78, 5) is 80.4. The number of nitro benzene ring substituents is 1. The molecule has 2 atom stereocenters. The number of anilines is 1. The number of β-lactam (4-membered cyclic amide) rings is 1. The van der Waals surface area contributed by atoms with E-state index in [0.29, 0.717) is 5.56 Å². The van der Waals surface area contributed by atoms with Crippen LogP contribution in [0.5, 0.6) is 0 Å². The van der Waals surface area contributed by atoms with Crippen LogP contribution in [-0.4, -0.2) is 75.5 Å². The van der Waals surface area contributed by atoms with Crippen molar-refractivity contribution in [2.75, 3.05) is 17.7 Å². The third-order valence-corrected chi connectivity index (χ3v) is 6.50. The lowest BCUT2D eigenvalue weighted by Gasteiger charge is -2.36. The van der Waals surface area contributed by atoms with Gasteiger partial charge >= 0.3 is 12.0 Å². The van der Waals surface area contributed by atoms with E-state index >= 15 is 0 Å². The van der Waals surface area contributed by atoms with Crippen molar-refractivity contribution in [3.63, 3.8) is 0 Å². The monoisotopic (exact) mass is 624 g/mol. The molecule has 0 saturated carbocycles. The van der Waals surface area contributed by atoms with Crippen molar-refractivity contribution >= 4 is 69.2 Å². The predicted molar refractivity (Wildman–Crippen MR) is 148 cm³/mol. The van der Waals surface area contributed by atoms with E-state index in [9.17, 15) is 34.1 Å². The fraction of sp³-hybridized carbons (Fsp3) is 0.348. The number of halogens is 1. The second-order valence-corrected chi connectivity index (χ2v) is 10.2. The number of benzene rings is 1. The summed E-state index contributed by atoms with van der Waals surface area (Å²) in [6, 6.07) is 2.80. The van der Waals surface area contributed by atoms with Crippen molar-refractivity contribution in [2.24, 2.45) is 10.9 Å². The molecule has 1 saturated heterocycles. The number of primary amides is 1. The predicted octanol–water partition coefficient (Wildman–Crippen LogP) is 0.123. The summed E-state index contributed by atoms with van der Waals surface area (Å²) in [6.07, 6.45) is 0. The number of urea groups is 1. The van der Waals surface area contributed by atoms with E-state index in [-0.39, 0.29) is 35.5 Å². The van der Waals surface area contributed by atoms with Gasteiger partial charge in [-0.05, 0) is 31.5 Å². The van der Waals surface area contributed by atoms with Gasteiger partial charge in [-0.3, -0.25) is 24.5 Å². The van der Waals surface area contributed by atoms with E-state index < -0.39 is 58.0 Å². The van der Waals surface area contributed by atoms with Crippen LogP contribution in [0, 0.1) is 10.1 Å².